The highest BCUT2D eigenvalue weighted by Gasteiger charge is 2.20. The number of carbonyl (C=O) groups excluding carboxylic acids is 1. The number of nitrogens with one attached hydrogen (secondary N) is 2. The molecule has 0 heterocycles. The molecule has 29 heavy (non-hydrogen) atoms. The molecule has 0 atom stereocenters. The number of ether oxygens (including phenoxy) is 1. The molecule has 0 aromatic heterocycles. The molecule has 0 aliphatic rings. The van der Waals surface area contributed by atoms with Crippen molar-refractivity contribution < 1.29 is 9.53 Å². The van der Waals surface area contributed by atoms with Gasteiger partial charge in [-0.3, -0.25) is 0 Å². The van der Waals surface area contributed by atoms with Crippen molar-refractivity contribution >= 4 is 33.3 Å². The van der Waals surface area contributed by atoms with Crippen molar-refractivity contribution in [2.45, 2.75) is 33.1 Å². The summed E-state index contributed by atoms with van der Waals surface area (Å²) in [5.74, 6) is 1.34. The summed E-state index contributed by atoms with van der Waals surface area (Å²) in [4.78, 5) is 12.5. The number of hydrogen-bond acceptors (Lipinski definition) is 2. The van der Waals surface area contributed by atoms with Gasteiger partial charge in [0.25, 0.3) is 0 Å². The normalized spacial score (nSPS) is 11.1. The quantitative estimate of drug-likeness (QED) is 0.430. The second-order valence-corrected chi connectivity index (χ2v) is 8.85. The zero-order valence-electron chi connectivity index (χ0n) is 17.0. The maximum absolute atomic E-state index is 12.5. The van der Waals surface area contributed by atoms with E-state index in [2.05, 4.69) is 53.4 Å². The summed E-state index contributed by atoms with van der Waals surface area (Å²) in [5.41, 5.74) is 3.47. The predicted octanol–water partition coefficient (Wildman–Crippen LogP) is 7.49. The number of amides is 2. The smallest absolute Gasteiger partial charge is 0.323 e. The SMILES string of the molecule is Cc1ccc(NC(=O)Nc2cc(Br)ccc2Oc2ccccc2C(C)(C)C)cc1. The second kappa shape index (κ2) is 8.70. The molecule has 4 nitrogen and oxygen atoms in total. The van der Waals surface area contributed by atoms with Gasteiger partial charge in [0.1, 0.15) is 5.75 Å². The van der Waals surface area contributed by atoms with Gasteiger partial charge >= 0.3 is 6.03 Å². The largest absolute Gasteiger partial charge is 0.455 e. The Balaban J connectivity index is 1.83. The van der Waals surface area contributed by atoms with E-state index < -0.39 is 0 Å². The van der Waals surface area contributed by atoms with Crippen molar-refractivity contribution in [3.8, 4) is 11.5 Å². The minimum absolute atomic E-state index is 0.0671. The molecule has 0 fully saturated rings. The van der Waals surface area contributed by atoms with Crippen molar-refractivity contribution in [1.82, 2.24) is 0 Å². The third-order valence-electron chi connectivity index (χ3n) is 4.41. The number of urea groups is 1. The van der Waals surface area contributed by atoms with Gasteiger partial charge in [-0.05, 0) is 48.7 Å². The number of benzene rings is 3. The summed E-state index contributed by atoms with van der Waals surface area (Å²) in [6.07, 6.45) is 0. The zero-order valence-corrected chi connectivity index (χ0v) is 18.6. The van der Waals surface area contributed by atoms with Gasteiger partial charge in [-0.25, -0.2) is 4.79 Å². The van der Waals surface area contributed by atoms with Crippen LogP contribution in [0.25, 0.3) is 0 Å². The Bertz CT molecular complexity index is 1010. The molecule has 0 saturated heterocycles. The maximum Gasteiger partial charge on any atom is 0.323 e. The lowest BCUT2D eigenvalue weighted by Gasteiger charge is -2.23. The highest BCUT2D eigenvalue weighted by molar-refractivity contribution is 9.10. The fraction of sp³-hybridized carbons (Fsp3) is 0.208. The van der Waals surface area contributed by atoms with E-state index in [0.717, 1.165) is 27.0 Å². The van der Waals surface area contributed by atoms with E-state index in [1.807, 2.05) is 67.6 Å². The van der Waals surface area contributed by atoms with Gasteiger partial charge < -0.3 is 15.4 Å². The Morgan fingerprint density at radius 2 is 1.59 bits per heavy atom. The first-order valence-electron chi connectivity index (χ1n) is 9.44. The fourth-order valence-electron chi connectivity index (χ4n) is 2.90. The van der Waals surface area contributed by atoms with E-state index in [-0.39, 0.29) is 11.4 Å². The van der Waals surface area contributed by atoms with E-state index in [4.69, 9.17) is 4.74 Å². The van der Waals surface area contributed by atoms with Gasteiger partial charge in [0.15, 0.2) is 5.75 Å². The molecule has 0 saturated carbocycles. The van der Waals surface area contributed by atoms with Crippen molar-refractivity contribution in [2.24, 2.45) is 0 Å². The van der Waals surface area contributed by atoms with Crippen LogP contribution < -0.4 is 15.4 Å². The number of hydrogen-bond donors (Lipinski definition) is 2. The van der Waals surface area contributed by atoms with Gasteiger partial charge in [-0.15, -0.1) is 0 Å². The first kappa shape index (κ1) is 20.9. The van der Waals surface area contributed by atoms with Gasteiger partial charge in [0, 0.05) is 15.7 Å². The van der Waals surface area contributed by atoms with Crippen LogP contribution in [0.3, 0.4) is 0 Å². The number of carbonyl (C=O) groups is 1. The lowest BCUT2D eigenvalue weighted by Crippen LogP contribution is -2.20. The van der Waals surface area contributed by atoms with Crippen LogP contribution in [0.2, 0.25) is 0 Å². The predicted molar refractivity (Wildman–Crippen MR) is 123 cm³/mol. The van der Waals surface area contributed by atoms with E-state index in [1.165, 1.54) is 0 Å². The van der Waals surface area contributed by atoms with Crippen molar-refractivity contribution in [2.75, 3.05) is 10.6 Å². The van der Waals surface area contributed by atoms with Crippen LogP contribution in [-0.2, 0) is 5.41 Å². The minimum Gasteiger partial charge on any atom is -0.455 e. The van der Waals surface area contributed by atoms with E-state index in [1.54, 1.807) is 0 Å². The number of para-hydroxylation sites is 1. The molecule has 3 rings (SSSR count). The average molecular weight is 453 g/mol. The monoisotopic (exact) mass is 452 g/mol. The standard InChI is InChI=1S/C24H25BrN2O2/c1-16-9-12-18(13-10-16)26-23(28)27-20-15-17(25)11-14-22(20)29-21-8-6-5-7-19(21)24(2,3)4/h5-15H,1-4H3,(H2,26,27,28). The number of halogens is 1. The molecule has 3 aromatic rings. The van der Waals surface area contributed by atoms with Crippen molar-refractivity contribution in [3.05, 3.63) is 82.3 Å². The molecule has 0 unspecified atom stereocenters. The number of anilines is 2. The average Bonchev–Trinajstić information content (AvgIpc) is 2.65. The Hall–Kier alpha value is -2.79. The molecule has 2 N–H and O–H groups in total. The first-order valence-corrected chi connectivity index (χ1v) is 10.2. The molecule has 0 bridgehead atoms. The zero-order chi connectivity index (χ0) is 21.0. The topological polar surface area (TPSA) is 50.4 Å². The second-order valence-electron chi connectivity index (χ2n) is 7.93. The van der Waals surface area contributed by atoms with E-state index in [9.17, 15) is 4.79 Å². The Morgan fingerprint density at radius 3 is 2.28 bits per heavy atom. The molecule has 0 aliphatic heterocycles. The maximum atomic E-state index is 12.5. The Morgan fingerprint density at radius 1 is 0.897 bits per heavy atom. The fourth-order valence-corrected chi connectivity index (χ4v) is 3.27. The van der Waals surface area contributed by atoms with E-state index in [0.29, 0.717) is 11.4 Å². The number of aryl methyl sites for hydroxylation is 1. The van der Waals surface area contributed by atoms with Crippen LogP contribution in [0.5, 0.6) is 11.5 Å². The van der Waals surface area contributed by atoms with Crippen LogP contribution in [0.15, 0.2) is 71.2 Å². The molecule has 0 aliphatic carbocycles. The van der Waals surface area contributed by atoms with Gasteiger partial charge in [-0.1, -0.05) is 72.6 Å². The Labute approximate surface area is 180 Å². The molecule has 0 spiro atoms. The molecular formula is C24H25BrN2O2. The third kappa shape index (κ3) is 5.61. The minimum atomic E-state index is -0.332. The summed E-state index contributed by atoms with van der Waals surface area (Å²) < 4.78 is 7.07. The summed E-state index contributed by atoms with van der Waals surface area (Å²) in [7, 11) is 0. The molecule has 2 amide bonds. The highest BCUT2D eigenvalue weighted by atomic mass is 79.9. The van der Waals surface area contributed by atoms with E-state index >= 15 is 0 Å². The van der Waals surface area contributed by atoms with Gasteiger partial charge in [0.2, 0.25) is 0 Å². The Kier molecular flexibility index (Phi) is 6.28. The van der Waals surface area contributed by atoms with Crippen LogP contribution in [0, 0.1) is 6.92 Å². The molecule has 150 valence electrons. The highest BCUT2D eigenvalue weighted by Crippen LogP contribution is 2.37. The first-order chi connectivity index (χ1) is 13.7. The molecule has 5 heteroatoms. The molecular weight excluding hydrogens is 428 g/mol. The summed E-state index contributed by atoms with van der Waals surface area (Å²) in [5, 5.41) is 5.73. The molecule has 3 aromatic carbocycles. The van der Waals surface area contributed by atoms with Crippen LogP contribution in [0.4, 0.5) is 16.2 Å². The van der Waals surface area contributed by atoms with Crippen molar-refractivity contribution in [1.29, 1.82) is 0 Å². The van der Waals surface area contributed by atoms with Crippen LogP contribution in [0.1, 0.15) is 31.9 Å². The lowest BCUT2D eigenvalue weighted by atomic mass is 9.86. The number of rotatable bonds is 4. The van der Waals surface area contributed by atoms with Crippen LogP contribution in [-0.4, -0.2) is 6.03 Å². The van der Waals surface area contributed by atoms with Crippen LogP contribution >= 0.6 is 15.9 Å². The summed E-state index contributed by atoms with van der Waals surface area (Å²) in [6.45, 7) is 8.44. The van der Waals surface area contributed by atoms with Gasteiger partial charge in [0.05, 0.1) is 5.69 Å². The van der Waals surface area contributed by atoms with Gasteiger partial charge in [-0.2, -0.15) is 0 Å². The lowest BCUT2D eigenvalue weighted by molar-refractivity contribution is 0.262. The third-order valence-corrected chi connectivity index (χ3v) is 4.91. The summed E-state index contributed by atoms with van der Waals surface area (Å²) in [6, 6.07) is 20.8. The van der Waals surface area contributed by atoms with Crippen molar-refractivity contribution in [3.63, 3.8) is 0 Å². The summed E-state index contributed by atoms with van der Waals surface area (Å²) >= 11 is 3.47. The molecule has 0 radical (unpaired) electrons.